The maximum Gasteiger partial charge on any atom is 0.266 e. The van der Waals surface area contributed by atoms with E-state index in [1.165, 1.54) is 11.3 Å². The number of carbonyl (C=O) groups is 2. The number of nitrogens with one attached hydrogen (secondary N) is 2. The number of para-hydroxylation sites is 1. The van der Waals surface area contributed by atoms with Gasteiger partial charge in [-0.25, -0.2) is 0 Å². The van der Waals surface area contributed by atoms with Gasteiger partial charge in [0, 0.05) is 49.4 Å². The predicted molar refractivity (Wildman–Crippen MR) is 148 cm³/mol. The van der Waals surface area contributed by atoms with Gasteiger partial charge in [-0.3, -0.25) is 19.6 Å². The normalized spacial score (nSPS) is 14.5. The first-order valence-corrected chi connectivity index (χ1v) is 13.1. The van der Waals surface area contributed by atoms with E-state index < -0.39 is 0 Å². The SMILES string of the molecule is Cc1ccsc1C(=O)Nc1cc(C(=O)N2CCN(CCO)CC2)ccc1/C=C/c1n[nH]c2ccccc12. The molecular formula is C28H29N5O3S. The molecule has 3 heterocycles. The number of hydrogen-bond donors (Lipinski definition) is 3. The lowest BCUT2D eigenvalue weighted by atomic mass is 10.1. The van der Waals surface area contributed by atoms with E-state index in [0.717, 1.165) is 40.8 Å². The number of thiophene rings is 1. The van der Waals surface area contributed by atoms with Crippen molar-refractivity contribution in [1.82, 2.24) is 20.0 Å². The molecule has 0 atom stereocenters. The first kappa shape index (κ1) is 24.9. The van der Waals surface area contributed by atoms with Crippen LogP contribution in [0.5, 0.6) is 0 Å². The second-order valence-corrected chi connectivity index (χ2v) is 9.95. The molecule has 1 aliphatic rings. The van der Waals surface area contributed by atoms with Crippen molar-refractivity contribution in [2.45, 2.75) is 6.92 Å². The van der Waals surface area contributed by atoms with Crippen LogP contribution in [0.15, 0.2) is 53.9 Å². The summed E-state index contributed by atoms with van der Waals surface area (Å²) >= 11 is 1.39. The first-order valence-electron chi connectivity index (χ1n) is 12.3. The molecule has 1 saturated heterocycles. The highest BCUT2D eigenvalue weighted by molar-refractivity contribution is 7.12. The largest absolute Gasteiger partial charge is 0.395 e. The third-order valence-corrected chi connectivity index (χ3v) is 7.63. The third-order valence-electron chi connectivity index (χ3n) is 6.61. The van der Waals surface area contributed by atoms with E-state index in [4.69, 9.17) is 0 Å². The van der Waals surface area contributed by atoms with E-state index in [-0.39, 0.29) is 18.4 Å². The van der Waals surface area contributed by atoms with E-state index in [2.05, 4.69) is 20.4 Å². The summed E-state index contributed by atoms with van der Waals surface area (Å²) < 4.78 is 0. The van der Waals surface area contributed by atoms with Crippen molar-refractivity contribution in [3.63, 3.8) is 0 Å². The molecule has 2 aromatic carbocycles. The highest BCUT2D eigenvalue weighted by atomic mass is 32.1. The molecule has 4 aromatic rings. The fraction of sp³-hybridized carbons (Fsp3) is 0.250. The minimum Gasteiger partial charge on any atom is -0.395 e. The minimum atomic E-state index is -0.199. The zero-order chi connectivity index (χ0) is 25.8. The molecule has 37 heavy (non-hydrogen) atoms. The number of aryl methyl sites for hydroxylation is 1. The van der Waals surface area contributed by atoms with Crippen LogP contribution in [0.2, 0.25) is 0 Å². The monoisotopic (exact) mass is 515 g/mol. The Morgan fingerprint density at radius 2 is 1.92 bits per heavy atom. The van der Waals surface area contributed by atoms with Gasteiger partial charge in [-0.15, -0.1) is 11.3 Å². The molecule has 0 bridgehead atoms. The number of piperazine rings is 1. The molecule has 0 saturated carbocycles. The summed E-state index contributed by atoms with van der Waals surface area (Å²) in [6.07, 6.45) is 3.81. The number of fused-ring (bicyclic) bond motifs is 1. The third kappa shape index (κ3) is 5.48. The number of aromatic nitrogens is 2. The van der Waals surface area contributed by atoms with Crippen LogP contribution in [0.1, 0.15) is 36.9 Å². The van der Waals surface area contributed by atoms with Crippen LogP contribution in [0.3, 0.4) is 0 Å². The standard InChI is InChI=1S/C28H29N5O3S/c1-19-10-17-37-26(19)27(35)29-25-18-21(28(36)33-13-11-32(12-14-33)15-16-34)7-6-20(25)8-9-24-22-4-2-3-5-23(22)30-31-24/h2-10,17-18,34H,11-16H2,1H3,(H,29,35)(H,30,31)/b9-8+. The zero-order valence-electron chi connectivity index (χ0n) is 20.6. The molecular weight excluding hydrogens is 486 g/mol. The van der Waals surface area contributed by atoms with Gasteiger partial charge in [0.15, 0.2) is 0 Å². The average molecular weight is 516 g/mol. The number of β-amino-alcohol motifs (C(OH)–C–C–N with tert-alkyl or cyclic N) is 1. The number of aromatic amines is 1. The maximum absolute atomic E-state index is 13.3. The van der Waals surface area contributed by atoms with E-state index in [9.17, 15) is 14.7 Å². The fourth-order valence-electron chi connectivity index (χ4n) is 4.51. The molecule has 0 spiro atoms. The molecule has 2 aromatic heterocycles. The van der Waals surface area contributed by atoms with Gasteiger partial charge in [0.2, 0.25) is 0 Å². The fourth-order valence-corrected chi connectivity index (χ4v) is 5.33. The molecule has 1 aliphatic heterocycles. The lowest BCUT2D eigenvalue weighted by Gasteiger charge is -2.34. The topological polar surface area (TPSA) is 102 Å². The van der Waals surface area contributed by atoms with E-state index in [1.54, 1.807) is 12.1 Å². The maximum atomic E-state index is 13.3. The second-order valence-electron chi connectivity index (χ2n) is 9.03. The Bertz CT molecular complexity index is 1450. The molecule has 1 fully saturated rings. The number of rotatable bonds is 7. The lowest BCUT2D eigenvalue weighted by molar-refractivity contribution is 0.0615. The van der Waals surface area contributed by atoms with Crippen LogP contribution >= 0.6 is 11.3 Å². The molecule has 8 nitrogen and oxygen atoms in total. The van der Waals surface area contributed by atoms with Crippen LogP contribution in [-0.2, 0) is 0 Å². The molecule has 9 heteroatoms. The number of nitrogens with zero attached hydrogens (tertiary/aromatic N) is 3. The highest BCUT2D eigenvalue weighted by Gasteiger charge is 2.23. The number of carbonyl (C=O) groups excluding carboxylic acids is 2. The van der Waals surface area contributed by atoms with Gasteiger partial charge in [-0.2, -0.15) is 5.10 Å². The van der Waals surface area contributed by atoms with Crippen molar-refractivity contribution in [3.05, 3.63) is 81.2 Å². The quantitative estimate of drug-likeness (QED) is 0.344. The van der Waals surface area contributed by atoms with Crippen LogP contribution in [0.4, 0.5) is 5.69 Å². The highest BCUT2D eigenvalue weighted by Crippen LogP contribution is 2.25. The Balaban J connectivity index is 1.43. The van der Waals surface area contributed by atoms with Crippen molar-refractivity contribution in [3.8, 4) is 0 Å². The van der Waals surface area contributed by atoms with Gasteiger partial charge >= 0.3 is 0 Å². The number of benzene rings is 2. The van der Waals surface area contributed by atoms with Gasteiger partial charge in [-0.1, -0.05) is 30.3 Å². The van der Waals surface area contributed by atoms with Crippen molar-refractivity contribution < 1.29 is 14.7 Å². The summed E-state index contributed by atoms with van der Waals surface area (Å²) in [5.74, 6) is -0.269. The number of amides is 2. The number of anilines is 1. The molecule has 2 amide bonds. The van der Waals surface area contributed by atoms with Gasteiger partial charge in [0.1, 0.15) is 0 Å². The number of aliphatic hydroxyl groups excluding tert-OH is 1. The number of hydrogen-bond acceptors (Lipinski definition) is 6. The summed E-state index contributed by atoms with van der Waals surface area (Å²) in [4.78, 5) is 31.0. The Morgan fingerprint density at radius 3 is 2.68 bits per heavy atom. The molecule has 0 radical (unpaired) electrons. The molecule has 0 unspecified atom stereocenters. The van der Waals surface area contributed by atoms with Crippen molar-refractivity contribution in [2.75, 3.05) is 44.6 Å². The van der Waals surface area contributed by atoms with Crippen molar-refractivity contribution in [1.29, 1.82) is 0 Å². The Labute approximate surface area is 219 Å². The summed E-state index contributed by atoms with van der Waals surface area (Å²) in [7, 11) is 0. The number of aliphatic hydroxyl groups is 1. The first-order chi connectivity index (χ1) is 18.0. The van der Waals surface area contributed by atoms with Crippen molar-refractivity contribution in [2.24, 2.45) is 0 Å². The van der Waals surface area contributed by atoms with Gasteiger partial charge in [-0.05, 0) is 53.8 Å². The van der Waals surface area contributed by atoms with Gasteiger partial charge < -0.3 is 15.3 Å². The Morgan fingerprint density at radius 1 is 1.11 bits per heavy atom. The van der Waals surface area contributed by atoms with Crippen molar-refractivity contribution >= 4 is 51.9 Å². The summed E-state index contributed by atoms with van der Waals surface area (Å²) in [5.41, 5.74) is 4.52. The summed E-state index contributed by atoms with van der Waals surface area (Å²) in [6.45, 7) is 5.30. The molecule has 0 aliphatic carbocycles. The molecule has 5 rings (SSSR count). The van der Waals surface area contributed by atoms with Crippen LogP contribution < -0.4 is 5.32 Å². The van der Waals surface area contributed by atoms with Crippen LogP contribution in [0, 0.1) is 6.92 Å². The van der Waals surface area contributed by atoms with Gasteiger partial charge in [0.05, 0.1) is 22.7 Å². The van der Waals surface area contributed by atoms with Crippen LogP contribution in [-0.4, -0.2) is 76.2 Å². The summed E-state index contributed by atoms with van der Waals surface area (Å²) in [5, 5.41) is 22.5. The lowest BCUT2D eigenvalue weighted by Crippen LogP contribution is -2.49. The average Bonchev–Trinajstić information content (AvgIpc) is 3.54. The number of H-pyrrole nitrogens is 1. The van der Waals surface area contributed by atoms with Gasteiger partial charge in [0.25, 0.3) is 11.8 Å². The zero-order valence-corrected chi connectivity index (χ0v) is 21.4. The summed E-state index contributed by atoms with van der Waals surface area (Å²) in [6, 6.07) is 15.2. The van der Waals surface area contributed by atoms with E-state index in [1.807, 2.05) is 65.8 Å². The van der Waals surface area contributed by atoms with Crippen LogP contribution in [0.25, 0.3) is 23.1 Å². The Kier molecular flexibility index (Phi) is 7.45. The Hall–Kier alpha value is -3.79. The van der Waals surface area contributed by atoms with E-state index in [0.29, 0.717) is 35.8 Å². The second kappa shape index (κ2) is 11.1. The predicted octanol–water partition coefficient (Wildman–Crippen LogP) is 4.11. The van der Waals surface area contributed by atoms with E-state index >= 15 is 0 Å². The molecule has 3 N–H and O–H groups in total. The molecule has 190 valence electrons. The smallest absolute Gasteiger partial charge is 0.266 e. The minimum absolute atomic E-state index is 0.0692.